The number of Topliss-reactive ketones (excluding diaryl/α,β-unsaturated/α-hetero) is 1. The molecule has 0 aliphatic carbocycles. The average molecular weight is 485 g/mol. The minimum Gasteiger partial charge on any atom is -1.00 e. The van der Waals surface area contributed by atoms with Crippen molar-refractivity contribution in [2.24, 2.45) is 0 Å². The number of thioether (sulfide) groups is 1. The van der Waals surface area contributed by atoms with Crippen LogP contribution in [-0.4, -0.2) is 11.5 Å². The number of benzene rings is 2. The van der Waals surface area contributed by atoms with Crippen molar-refractivity contribution in [1.29, 1.82) is 0 Å². The summed E-state index contributed by atoms with van der Waals surface area (Å²) >= 11 is 1.88. The van der Waals surface area contributed by atoms with Gasteiger partial charge in [-0.15, -0.1) is 11.8 Å². The Hall–Kier alpha value is -1.91. The van der Waals surface area contributed by atoms with E-state index in [4.69, 9.17) is 0 Å². The number of carbonyl (C=O) groups is 1. The van der Waals surface area contributed by atoms with Gasteiger partial charge >= 0.3 is 0 Å². The van der Waals surface area contributed by atoms with E-state index < -0.39 is 0 Å². The van der Waals surface area contributed by atoms with Crippen LogP contribution in [0.4, 0.5) is 0 Å². The van der Waals surface area contributed by atoms with Crippen molar-refractivity contribution >= 4 is 17.5 Å². The first-order valence-corrected chi connectivity index (χ1v) is 11.1. The Labute approximate surface area is 195 Å². The van der Waals surface area contributed by atoms with Crippen molar-refractivity contribution in [3.63, 3.8) is 0 Å². The van der Waals surface area contributed by atoms with E-state index in [2.05, 4.69) is 67.9 Å². The van der Waals surface area contributed by atoms with E-state index in [1.54, 1.807) is 0 Å². The maximum Gasteiger partial charge on any atom is 0.227 e. The highest BCUT2D eigenvalue weighted by Crippen LogP contribution is 2.26. The average Bonchev–Trinajstić information content (AvgIpc) is 2.71. The Morgan fingerprint density at radius 3 is 2.23 bits per heavy atom. The van der Waals surface area contributed by atoms with Gasteiger partial charge in [0, 0.05) is 34.8 Å². The molecule has 1 aromatic heterocycles. The van der Waals surface area contributed by atoms with Crippen LogP contribution in [0.3, 0.4) is 0 Å². The van der Waals surface area contributed by atoms with E-state index >= 15 is 0 Å². The number of hydrogen-bond donors (Lipinski definition) is 0. The topological polar surface area (TPSA) is 20.9 Å². The standard InChI is InChI=1S/C26H30NOS.BrH/c1-20-10-11-21(18-27(20)19-25(28)22-8-6-5-7-9-22)16-17-29-24-14-12-23(13-15-24)26(2,3)4;/h5-15,18H,16-17,19H2,1-4H3;1H/q+1;/p-1. The van der Waals surface area contributed by atoms with Gasteiger partial charge in [-0.05, 0) is 35.6 Å². The van der Waals surface area contributed by atoms with E-state index in [1.807, 2.05) is 49.0 Å². The molecule has 0 bridgehead atoms. The molecule has 4 heteroatoms. The number of carbonyl (C=O) groups excluding carboxylic acids is 1. The second-order valence-corrected chi connectivity index (χ2v) is 9.64. The molecule has 0 atom stereocenters. The van der Waals surface area contributed by atoms with Crippen LogP contribution in [0.1, 0.15) is 48.0 Å². The van der Waals surface area contributed by atoms with E-state index in [1.165, 1.54) is 16.0 Å². The van der Waals surface area contributed by atoms with Crippen molar-refractivity contribution < 1.29 is 26.3 Å². The third-order valence-electron chi connectivity index (χ3n) is 5.10. The Balaban J connectivity index is 0.00000320. The van der Waals surface area contributed by atoms with Crippen LogP contribution in [0.15, 0.2) is 77.8 Å². The van der Waals surface area contributed by atoms with Crippen LogP contribution in [0.25, 0.3) is 0 Å². The molecule has 0 unspecified atom stereocenters. The molecule has 2 nitrogen and oxygen atoms in total. The number of halogens is 1. The lowest BCUT2D eigenvalue weighted by Crippen LogP contribution is -3.00. The number of pyridine rings is 1. The van der Waals surface area contributed by atoms with Crippen molar-refractivity contribution in [2.45, 2.75) is 51.0 Å². The van der Waals surface area contributed by atoms with Gasteiger partial charge < -0.3 is 17.0 Å². The Morgan fingerprint density at radius 1 is 0.933 bits per heavy atom. The van der Waals surface area contributed by atoms with E-state index in [9.17, 15) is 4.79 Å². The lowest BCUT2D eigenvalue weighted by atomic mass is 9.87. The summed E-state index contributed by atoms with van der Waals surface area (Å²) in [4.78, 5) is 13.9. The van der Waals surface area contributed by atoms with Gasteiger partial charge in [0.2, 0.25) is 12.3 Å². The fourth-order valence-electron chi connectivity index (χ4n) is 3.19. The minimum atomic E-state index is 0. The summed E-state index contributed by atoms with van der Waals surface area (Å²) in [5.41, 5.74) is 4.68. The molecule has 3 aromatic rings. The molecule has 30 heavy (non-hydrogen) atoms. The predicted octanol–water partition coefficient (Wildman–Crippen LogP) is 2.80. The highest BCUT2D eigenvalue weighted by molar-refractivity contribution is 7.99. The third-order valence-corrected chi connectivity index (χ3v) is 6.12. The first kappa shape index (κ1) is 24.4. The molecular formula is C26H30BrNOS. The second-order valence-electron chi connectivity index (χ2n) is 8.47. The molecular weight excluding hydrogens is 454 g/mol. The molecule has 158 valence electrons. The van der Waals surface area contributed by atoms with Crippen LogP contribution < -0.4 is 21.5 Å². The molecule has 1 heterocycles. The number of nitrogens with zero attached hydrogens (tertiary/aromatic N) is 1. The normalized spacial score (nSPS) is 11.1. The molecule has 0 radical (unpaired) electrons. The zero-order valence-corrected chi connectivity index (χ0v) is 20.6. The lowest BCUT2D eigenvalue weighted by Gasteiger charge is -2.19. The summed E-state index contributed by atoms with van der Waals surface area (Å²) in [5.74, 6) is 1.16. The van der Waals surface area contributed by atoms with Gasteiger partial charge in [0.1, 0.15) is 0 Å². The highest BCUT2D eigenvalue weighted by atomic mass is 79.9. The molecule has 2 aromatic carbocycles. The molecule has 0 N–H and O–H groups in total. The molecule has 0 saturated carbocycles. The Morgan fingerprint density at radius 2 is 1.60 bits per heavy atom. The molecule has 0 aliphatic rings. The van der Waals surface area contributed by atoms with Gasteiger partial charge in [0.05, 0.1) is 0 Å². The second kappa shape index (κ2) is 10.9. The summed E-state index contributed by atoms with van der Waals surface area (Å²) in [6, 6.07) is 22.7. The molecule has 0 saturated heterocycles. The number of ketones is 1. The first-order valence-electron chi connectivity index (χ1n) is 10.1. The predicted molar refractivity (Wildman–Crippen MR) is 122 cm³/mol. The number of rotatable bonds is 7. The zero-order valence-electron chi connectivity index (χ0n) is 18.2. The molecule has 0 amide bonds. The van der Waals surface area contributed by atoms with E-state index in [-0.39, 0.29) is 28.2 Å². The number of aromatic nitrogens is 1. The largest absolute Gasteiger partial charge is 1.00 e. The fourth-order valence-corrected chi connectivity index (χ4v) is 4.10. The van der Waals surface area contributed by atoms with Crippen molar-refractivity contribution in [3.8, 4) is 0 Å². The quantitative estimate of drug-likeness (QED) is 0.292. The Bertz CT molecular complexity index is 963. The highest BCUT2D eigenvalue weighted by Gasteiger charge is 2.15. The summed E-state index contributed by atoms with van der Waals surface area (Å²) in [6.07, 6.45) is 3.10. The van der Waals surface area contributed by atoms with Gasteiger partial charge in [0.25, 0.3) is 0 Å². The molecule has 0 spiro atoms. The monoisotopic (exact) mass is 483 g/mol. The van der Waals surface area contributed by atoms with Gasteiger partial charge in [-0.3, -0.25) is 4.79 Å². The summed E-state index contributed by atoms with van der Waals surface area (Å²) in [7, 11) is 0. The van der Waals surface area contributed by atoms with Crippen molar-refractivity contribution in [3.05, 3.63) is 95.3 Å². The zero-order chi connectivity index (χ0) is 20.9. The van der Waals surface area contributed by atoms with Crippen molar-refractivity contribution in [1.82, 2.24) is 0 Å². The SMILES string of the molecule is Cc1ccc(CCSc2ccc(C(C)(C)C)cc2)c[n+]1CC(=O)c1ccccc1.[Br-]. The lowest BCUT2D eigenvalue weighted by molar-refractivity contribution is -0.689. The number of hydrogen-bond acceptors (Lipinski definition) is 2. The van der Waals surface area contributed by atoms with Crippen LogP contribution >= 0.6 is 11.8 Å². The van der Waals surface area contributed by atoms with E-state index in [0.29, 0.717) is 6.54 Å². The fraction of sp³-hybridized carbons (Fsp3) is 0.308. The van der Waals surface area contributed by atoms with E-state index in [0.717, 1.165) is 23.4 Å². The summed E-state index contributed by atoms with van der Waals surface area (Å²) in [6.45, 7) is 9.15. The van der Waals surface area contributed by atoms with Gasteiger partial charge in [-0.2, -0.15) is 4.57 Å². The van der Waals surface area contributed by atoms with Crippen LogP contribution in [0.5, 0.6) is 0 Å². The smallest absolute Gasteiger partial charge is 0.227 e. The van der Waals surface area contributed by atoms with Crippen LogP contribution in [0.2, 0.25) is 0 Å². The maximum absolute atomic E-state index is 12.5. The minimum absolute atomic E-state index is 0. The van der Waals surface area contributed by atoms with Gasteiger partial charge in [-0.25, -0.2) is 0 Å². The first-order chi connectivity index (χ1) is 13.8. The maximum atomic E-state index is 12.5. The third kappa shape index (κ3) is 6.82. The number of aryl methyl sites for hydroxylation is 2. The molecule has 3 rings (SSSR count). The van der Waals surface area contributed by atoms with Gasteiger partial charge in [-0.1, -0.05) is 63.2 Å². The molecule has 0 fully saturated rings. The van der Waals surface area contributed by atoms with Crippen LogP contribution in [-0.2, 0) is 18.4 Å². The summed E-state index contributed by atoms with van der Waals surface area (Å²) in [5, 5.41) is 0. The van der Waals surface area contributed by atoms with Crippen molar-refractivity contribution in [2.75, 3.05) is 5.75 Å². The molecule has 0 aliphatic heterocycles. The van der Waals surface area contributed by atoms with Gasteiger partial charge in [0.15, 0.2) is 11.9 Å². The summed E-state index contributed by atoms with van der Waals surface area (Å²) < 4.78 is 2.06. The van der Waals surface area contributed by atoms with Crippen LogP contribution in [0, 0.1) is 6.92 Å². The Kier molecular flexibility index (Phi) is 8.87.